The van der Waals surface area contributed by atoms with Crippen LogP contribution in [0.4, 0.5) is 0 Å². The molecule has 2 N–H and O–H groups in total. The molecule has 1 atom stereocenters. The molecule has 6 nitrogen and oxygen atoms in total. The van der Waals surface area contributed by atoms with Gasteiger partial charge in [0.05, 0.1) is 18.8 Å². The molecule has 0 saturated carbocycles. The molecule has 6 heteroatoms. The number of nitrogens with two attached hydrogens (primary N) is 1. The first-order valence-corrected chi connectivity index (χ1v) is 6.42. The van der Waals surface area contributed by atoms with E-state index in [-0.39, 0.29) is 0 Å². The van der Waals surface area contributed by atoms with Crippen molar-refractivity contribution >= 4 is 0 Å². The van der Waals surface area contributed by atoms with Crippen LogP contribution in [0.1, 0.15) is 19.7 Å². The van der Waals surface area contributed by atoms with E-state index >= 15 is 0 Å². The molecule has 20 heavy (non-hydrogen) atoms. The molecule has 0 aliphatic heterocycles. The molecule has 0 radical (unpaired) electrons. The molecule has 1 heterocycles. The van der Waals surface area contributed by atoms with Crippen molar-refractivity contribution in [3.8, 4) is 17.2 Å². The topological polar surface area (TPSA) is 83.4 Å². The van der Waals surface area contributed by atoms with Crippen LogP contribution in [0, 0.1) is 0 Å². The van der Waals surface area contributed by atoms with E-state index in [1.807, 2.05) is 31.2 Å². The maximum Gasteiger partial charge on any atom is 0.261 e. The van der Waals surface area contributed by atoms with E-state index in [0.29, 0.717) is 30.7 Å². The normalized spacial score (nSPS) is 14.0. The number of benzene rings is 1. The van der Waals surface area contributed by atoms with Crippen molar-refractivity contribution in [2.75, 3.05) is 20.3 Å². The first-order chi connectivity index (χ1) is 9.58. The number of nitrogens with zero attached hydrogens (tertiary/aromatic N) is 2. The van der Waals surface area contributed by atoms with Crippen LogP contribution in [0.25, 0.3) is 11.5 Å². The maximum absolute atomic E-state index is 6.10. The average molecular weight is 277 g/mol. The minimum atomic E-state index is -0.795. The summed E-state index contributed by atoms with van der Waals surface area (Å²) in [7, 11) is 1.58. The fourth-order valence-corrected chi connectivity index (χ4v) is 1.85. The molecule has 0 amide bonds. The van der Waals surface area contributed by atoms with E-state index in [9.17, 15) is 0 Å². The largest absolute Gasteiger partial charge is 0.493 e. The number of hydrogen-bond acceptors (Lipinski definition) is 6. The zero-order chi connectivity index (χ0) is 14.6. The van der Waals surface area contributed by atoms with Crippen LogP contribution in [-0.4, -0.2) is 30.5 Å². The van der Waals surface area contributed by atoms with Gasteiger partial charge in [0, 0.05) is 7.11 Å². The zero-order valence-corrected chi connectivity index (χ0v) is 11.9. The van der Waals surface area contributed by atoms with Crippen molar-refractivity contribution in [2.45, 2.75) is 19.4 Å². The van der Waals surface area contributed by atoms with E-state index in [2.05, 4.69) is 10.1 Å². The van der Waals surface area contributed by atoms with Crippen molar-refractivity contribution in [1.29, 1.82) is 0 Å². The van der Waals surface area contributed by atoms with Gasteiger partial charge in [-0.2, -0.15) is 4.98 Å². The lowest BCUT2D eigenvalue weighted by Gasteiger charge is -2.18. The van der Waals surface area contributed by atoms with E-state index < -0.39 is 5.54 Å². The molecule has 1 aromatic carbocycles. The summed E-state index contributed by atoms with van der Waals surface area (Å²) >= 11 is 0. The van der Waals surface area contributed by atoms with E-state index in [1.165, 1.54) is 0 Å². The molecule has 0 spiro atoms. The third-order valence-electron chi connectivity index (χ3n) is 2.80. The van der Waals surface area contributed by atoms with Gasteiger partial charge >= 0.3 is 0 Å². The van der Waals surface area contributed by atoms with Crippen molar-refractivity contribution in [2.24, 2.45) is 5.73 Å². The first-order valence-electron chi connectivity index (χ1n) is 6.42. The van der Waals surface area contributed by atoms with Gasteiger partial charge in [0.2, 0.25) is 0 Å². The Bertz CT molecular complexity index is 566. The monoisotopic (exact) mass is 277 g/mol. The number of para-hydroxylation sites is 1. The second-order valence-corrected chi connectivity index (χ2v) is 4.70. The van der Waals surface area contributed by atoms with Crippen LogP contribution in [0.5, 0.6) is 5.75 Å². The number of hydrogen-bond donors (Lipinski definition) is 1. The van der Waals surface area contributed by atoms with E-state index in [1.54, 1.807) is 14.0 Å². The standard InChI is InChI=1S/C14H19N3O3/c1-4-19-11-8-6-5-7-10(11)12-16-13(17-20-12)14(2,15)9-18-3/h5-8H,4,9,15H2,1-3H3. The van der Waals surface area contributed by atoms with Crippen LogP contribution >= 0.6 is 0 Å². The molecule has 0 bridgehead atoms. The predicted molar refractivity (Wildman–Crippen MR) is 74.3 cm³/mol. The van der Waals surface area contributed by atoms with Gasteiger partial charge in [0.15, 0.2) is 5.82 Å². The Balaban J connectivity index is 2.34. The zero-order valence-electron chi connectivity index (χ0n) is 11.9. The van der Waals surface area contributed by atoms with Crippen molar-refractivity contribution in [1.82, 2.24) is 10.1 Å². The van der Waals surface area contributed by atoms with Crippen molar-refractivity contribution < 1.29 is 14.0 Å². The fourth-order valence-electron chi connectivity index (χ4n) is 1.85. The Morgan fingerprint density at radius 1 is 1.35 bits per heavy atom. The van der Waals surface area contributed by atoms with Gasteiger partial charge in [-0.05, 0) is 26.0 Å². The molecule has 108 valence electrons. The number of ether oxygens (including phenoxy) is 2. The van der Waals surface area contributed by atoms with Gasteiger partial charge in [-0.1, -0.05) is 17.3 Å². The minimum Gasteiger partial charge on any atom is -0.493 e. The SMILES string of the molecule is CCOc1ccccc1-c1nc(C(C)(N)COC)no1. The van der Waals surface area contributed by atoms with E-state index in [4.69, 9.17) is 19.7 Å². The van der Waals surface area contributed by atoms with Crippen molar-refractivity contribution in [3.05, 3.63) is 30.1 Å². The molecule has 0 aliphatic rings. The van der Waals surface area contributed by atoms with Gasteiger partial charge in [-0.25, -0.2) is 0 Å². The third-order valence-corrected chi connectivity index (χ3v) is 2.80. The highest BCUT2D eigenvalue weighted by molar-refractivity contribution is 5.62. The number of rotatable bonds is 6. The number of aromatic nitrogens is 2. The second-order valence-electron chi connectivity index (χ2n) is 4.70. The Kier molecular flexibility index (Phi) is 4.36. The van der Waals surface area contributed by atoms with Crippen molar-refractivity contribution in [3.63, 3.8) is 0 Å². The summed E-state index contributed by atoms with van der Waals surface area (Å²) in [6.45, 7) is 4.58. The quantitative estimate of drug-likeness (QED) is 0.869. The lowest BCUT2D eigenvalue weighted by Crippen LogP contribution is -2.38. The van der Waals surface area contributed by atoms with Gasteiger partial charge in [0.25, 0.3) is 5.89 Å². The molecule has 2 aromatic rings. The fraction of sp³-hybridized carbons (Fsp3) is 0.429. The van der Waals surface area contributed by atoms with E-state index in [0.717, 1.165) is 5.56 Å². The van der Waals surface area contributed by atoms with Crippen LogP contribution in [-0.2, 0) is 10.3 Å². The lowest BCUT2D eigenvalue weighted by molar-refractivity contribution is 0.135. The Morgan fingerprint density at radius 2 is 2.10 bits per heavy atom. The summed E-state index contributed by atoms with van der Waals surface area (Å²) in [6, 6.07) is 7.51. The second kappa shape index (κ2) is 6.02. The van der Waals surface area contributed by atoms with Crippen LogP contribution < -0.4 is 10.5 Å². The highest BCUT2D eigenvalue weighted by atomic mass is 16.5. The summed E-state index contributed by atoms with van der Waals surface area (Å²) in [6.07, 6.45) is 0. The highest BCUT2D eigenvalue weighted by Crippen LogP contribution is 2.29. The highest BCUT2D eigenvalue weighted by Gasteiger charge is 2.28. The Labute approximate surface area is 117 Å². The minimum absolute atomic E-state index is 0.305. The smallest absolute Gasteiger partial charge is 0.261 e. The first kappa shape index (κ1) is 14.5. The predicted octanol–water partition coefficient (Wildman–Crippen LogP) is 1.96. The summed E-state index contributed by atoms with van der Waals surface area (Å²) in [5.74, 6) is 1.49. The van der Waals surface area contributed by atoms with Gasteiger partial charge < -0.3 is 19.7 Å². The lowest BCUT2D eigenvalue weighted by atomic mass is 10.1. The third kappa shape index (κ3) is 2.97. The van der Waals surface area contributed by atoms with Gasteiger partial charge in [0.1, 0.15) is 11.3 Å². The molecule has 0 fully saturated rings. The Hall–Kier alpha value is -1.92. The van der Waals surface area contributed by atoms with Gasteiger partial charge in [-0.3, -0.25) is 0 Å². The molecule has 0 saturated heterocycles. The molecular formula is C14H19N3O3. The Morgan fingerprint density at radius 3 is 2.80 bits per heavy atom. The molecule has 2 rings (SSSR count). The summed E-state index contributed by atoms with van der Waals surface area (Å²) < 4.78 is 15.9. The molecular weight excluding hydrogens is 258 g/mol. The van der Waals surface area contributed by atoms with Crippen LogP contribution in [0.15, 0.2) is 28.8 Å². The average Bonchev–Trinajstić information content (AvgIpc) is 2.90. The molecule has 0 aliphatic carbocycles. The molecule has 1 aromatic heterocycles. The van der Waals surface area contributed by atoms with Crippen LogP contribution in [0.2, 0.25) is 0 Å². The summed E-state index contributed by atoms with van der Waals surface area (Å²) in [5, 5.41) is 3.94. The van der Waals surface area contributed by atoms with Crippen LogP contribution in [0.3, 0.4) is 0 Å². The molecule has 1 unspecified atom stereocenters. The van der Waals surface area contributed by atoms with Gasteiger partial charge in [-0.15, -0.1) is 0 Å². The summed E-state index contributed by atoms with van der Waals surface area (Å²) in [5.41, 5.74) is 6.05. The maximum atomic E-state index is 6.10. The number of methoxy groups -OCH3 is 1. The summed E-state index contributed by atoms with van der Waals surface area (Å²) in [4.78, 5) is 4.35.